The number of esters is 1. The fourth-order valence-electron chi connectivity index (χ4n) is 6.36. The zero-order valence-corrected chi connectivity index (χ0v) is 39.1. The van der Waals surface area contributed by atoms with Crippen molar-refractivity contribution in [2.24, 2.45) is 0 Å². The summed E-state index contributed by atoms with van der Waals surface area (Å²) in [5.41, 5.74) is 6.03. The second-order valence-electron chi connectivity index (χ2n) is 13.8. The monoisotopic (exact) mass is 1020 g/mol. The van der Waals surface area contributed by atoms with E-state index in [-0.39, 0.29) is 32.2 Å². The van der Waals surface area contributed by atoms with Crippen molar-refractivity contribution >= 4 is 67.2 Å². The van der Waals surface area contributed by atoms with Gasteiger partial charge in [-0.05, 0) is 101 Å². The summed E-state index contributed by atoms with van der Waals surface area (Å²) in [4.78, 5) is 45.3. The van der Waals surface area contributed by atoms with Crippen LogP contribution in [-0.4, -0.2) is 63.0 Å². The largest absolute Gasteiger partial charge is 0.496 e. The fourth-order valence-corrected chi connectivity index (χ4v) is 7.16. The number of carboxylic acids is 1. The highest BCUT2D eigenvalue weighted by Gasteiger charge is 2.19. The third kappa shape index (κ3) is 14.9. The van der Waals surface area contributed by atoms with Crippen LogP contribution in [0.1, 0.15) is 29.2 Å². The third-order valence-electron chi connectivity index (χ3n) is 9.35. The van der Waals surface area contributed by atoms with Crippen molar-refractivity contribution in [1.29, 1.82) is 0 Å². The van der Waals surface area contributed by atoms with Crippen molar-refractivity contribution in [3.63, 3.8) is 0 Å². The lowest BCUT2D eigenvalue weighted by Crippen LogP contribution is -2.34. The standard InChI is InChI=1S/C25H24BrFN2O4.C23H20BrFN2O4.CH3/c1-3-33-22(30)15-28-25(31)29-20-10-7-16(8-11-20)13-18-9-12-21(32-2)23(24(18)27)17-5-4-6-19(26)14-17;1-31-19-10-7-16(22(25)21(19)15-3-2-4-17(24)12-15)11-14-5-8-18(9-6-14)27-23(30)26-13-20(28)29;/h4-12,14H,3,13,15H2,1-2H3,(H2,28,29,31);2-10,12H,11,13H2,1H3,(H,28,29)(H2,26,27,30);1H3/q;;-1. The Kier molecular flexibility index (Phi) is 19.5. The second-order valence-corrected chi connectivity index (χ2v) is 15.6. The van der Waals surface area contributed by atoms with Gasteiger partial charge in [0.25, 0.3) is 0 Å². The van der Waals surface area contributed by atoms with Crippen LogP contribution in [0.3, 0.4) is 0 Å². The van der Waals surface area contributed by atoms with Gasteiger partial charge in [-0.1, -0.05) is 92.5 Å². The van der Waals surface area contributed by atoms with Gasteiger partial charge in [-0.2, -0.15) is 0 Å². The molecule has 0 heterocycles. The van der Waals surface area contributed by atoms with Crippen molar-refractivity contribution in [3.8, 4) is 33.8 Å². The number of methoxy groups -OCH3 is 2. The Morgan fingerprint density at radius 2 is 1.02 bits per heavy atom. The Morgan fingerprint density at radius 3 is 1.38 bits per heavy atom. The molecule has 12 nitrogen and oxygen atoms in total. The molecule has 0 atom stereocenters. The van der Waals surface area contributed by atoms with Crippen LogP contribution in [0.4, 0.5) is 29.7 Å². The van der Waals surface area contributed by atoms with Gasteiger partial charge in [-0.15, -0.1) is 0 Å². The van der Waals surface area contributed by atoms with Crippen molar-refractivity contribution < 1.29 is 47.3 Å². The van der Waals surface area contributed by atoms with Crippen LogP contribution < -0.4 is 30.7 Å². The van der Waals surface area contributed by atoms with E-state index < -0.39 is 30.5 Å². The van der Waals surface area contributed by atoms with Crippen molar-refractivity contribution in [2.75, 3.05) is 44.5 Å². The van der Waals surface area contributed by atoms with Crippen LogP contribution in [-0.2, 0) is 27.2 Å². The van der Waals surface area contributed by atoms with Gasteiger partial charge < -0.3 is 48.0 Å². The molecule has 0 bridgehead atoms. The number of carbonyl (C=O) groups is 4. The summed E-state index contributed by atoms with van der Waals surface area (Å²) in [6.45, 7) is 1.26. The molecule has 340 valence electrons. The van der Waals surface area contributed by atoms with Crippen LogP contribution >= 0.6 is 31.9 Å². The first-order valence-corrected chi connectivity index (χ1v) is 21.2. The third-order valence-corrected chi connectivity index (χ3v) is 10.3. The first kappa shape index (κ1) is 50.9. The molecule has 0 radical (unpaired) electrons. The predicted octanol–water partition coefficient (Wildman–Crippen LogP) is 11.1. The van der Waals surface area contributed by atoms with E-state index in [1.54, 1.807) is 67.6 Å². The maximum absolute atomic E-state index is 15.5. The summed E-state index contributed by atoms with van der Waals surface area (Å²) >= 11 is 6.85. The van der Waals surface area contributed by atoms with Crippen LogP contribution in [0.2, 0.25) is 0 Å². The van der Waals surface area contributed by atoms with Gasteiger partial charge in [-0.3, -0.25) is 9.59 Å². The first-order chi connectivity index (χ1) is 30.8. The lowest BCUT2D eigenvalue weighted by Gasteiger charge is -2.14. The summed E-state index contributed by atoms with van der Waals surface area (Å²) in [5.74, 6) is -1.42. The van der Waals surface area contributed by atoms with E-state index in [9.17, 15) is 19.2 Å². The van der Waals surface area contributed by atoms with E-state index in [4.69, 9.17) is 19.3 Å². The molecule has 0 aliphatic carbocycles. The van der Waals surface area contributed by atoms with E-state index >= 15 is 8.78 Å². The number of urea groups is 2. The lowest BCUT2D eigenvalue weighted by molar-refractivity contribution is -0.141. The summed E-state index contributed by atoms with van der Waals surface area (Å²) in [6.07, 6.45) is 0.717. The molecular weight excluding hydrogens is 970 g/mol. The van der Waals surface area contributed by atoms with Crippen molar-refractivity contribution in [1.82, 2.24) is 10.6 Å². The van der Waals surface area contributed by atoms with E-state index in [1.165, 1.54) is 14.2 Å². The number of halogens is 4. The number of carboxylic acid groups (broad SMARTS) is 1. The van der Waals surface area contributed by atoms with Gasteiger partial charge >= 0.3 is 24.0 Å². The molecule has 65 heavy (non-hydrogen) atoms. The molecule has 0 saturated heterocycles. The van der Waals surface area contributed by atoms with E-state index in [1.807, 2.05) is 60.7 Å². The first-order valence-electron chi connectivity index (χ1n) is 19.7. The van der Waals surface area contributed by atoms with Crippen LogP contribution in [0, 0.1) is 19.1 Å². The molecule has 6 aromatic rings. The summed E-state index contributed by atoms with van der Waals surface area (Å²) in [7, 11) is 3.03. The minimum Gasteiger partial charge on any atom is -0.496 e. The molecule has 0 fully saturated rings. The Hall–Kier alpha value is -6.78. The van der Waals surface area contributed by atoms with Gasteiger partial charge in [0.05, 0.1) is 32.0 Å². The number of anilines is 2. The Labute approximate surface area is 393 Å². The molecule has 0 saturated carbocycles. The van der Waals surface area contributed by atoms with Crippen molar-refractivity contribution in [3.05, 3.63) is 172 Å². The Morgan fingerprint density at radius 1 is 0.600 bits per heavy atom. The molecule has 0 aliphatic rings. The quantitative estimate of drug-likeness (QED) is 0.0501. The van der Waals surface area contributed by atoms with Gasteiger partial charge in [-0.25, -0.2) is 18.4 Å². The number of benzene rings is 6. The molecule has 6 rings (SSSR count). The highest BCUT2D eigenvalue weighted by molar-refractivity contribution is 9.10. The molecule has 0 unspecified atom stereocenters. The predicted molar refractivity (Wildman–Crippen MR) is 255 cm³/mol. The summed E-state index contributed by atoms with van der Waals surface area (Å²) < 4.78 is 48.1. The molecule has 0 aliphatic heterocycles. The second kappa shape index (κ2) is 24.9. The van der Waals surface area contributed by atoms with Crippen LogP contribution in [0.5, 0.6) is 11.5 Å². The van der Waals surface area contributed by atoms with Crippen LogP contribution in [0.25, 0.3) is 22.3 Å². The summed E-state index contributed by atoms with van der Waals surface area (Å²) in [6, 6.07) is 34.5. The highest BCUT2D eigenvalue weighted by Crippen LogP contribution is 2.38. The molecule has 6 aromatic carbocycles. The summed E-state index contributed by atoms with van der Waals surface area (Å²) in [5, 5.41) is 18.4. The van der Waals surface area contributed by atoms with Gasteiger partial charge in [0, 0.05) is 33.2 Å². The minimum absolute atomic E-state index is 0. The van der Waals surface area contributed by atoms with Crippen molar-refractivity contribution in [2.45, 2.75) is 19.8 Å². The average molecular weight is 1020 g/mol. The molecule has 4 amide bonds. The van der Waals surface area contributed by atoms with E-state index in [0.29, 0.717) is 69.1 Å². The highest BCUT2D eigenvalue weighted by atomic mass is 79.9. The SMILES string of the molecule is CCOC(=O)CNC(=O)Nc1ccc(Cc2ccc(OC)c(-c3cccc(Br)c3)c2F)cc1.COc1ccc(Cc2ccc(NC(=O)NCC(=O)O)cc2)c(F)c1-c1cccc(Br)c1.[CH3-]. The molecular formula is C49H47Br2F2N4O8-. The number of ether oxygens (including phenoxy) is 3. The zero-order chi connectivity index (χ0) is 46.2. The minimum atomic E-state index is -1.13. The maximum Gasteiger partial charge on any atom is 0.325 e. The number of aliphatic carboxylic acids is 1. The molecule has 0 spiro atoms. The smallest absolute Gasteiger partial charge is 0.325 e. The Balaban J connectivity index is 0.000000281. The van der Waals surface area contributed by atoms with E-state index in [2.05, 4.69) is 53.1 Å². The topological polar surface area (TPSA) is 164 Å². The molecule has 16 heteroatoms. The fraction of sp³-hybridized carbons (Fsp3) is 0.163. The maximum atomic E-state index is 15.5. The van der Waals surface area contributed by atoms with Gasteiger partial charge in [0.2, 0.25) is 0 Å². The normalized spacial score (nSPS) is 10.3. The van der Waals surface area contributed by atoms with Gasteiger partial charge in [0.15, 0.2) is 0 Å². The number of carbonyl (C=O) groups excluding carboxylic acids is 3. The van der Waals surface area contributed by atoms with Crippen LogP contribution in [0.15, 0.2) is 130 Å². The number of hydrogen-bond acceptors (Lipinski definition) is 7. The zero-order valence-electron chi connectivity index (χ0n) is 35.9. The lowest BCUT2D eigenvalue weighted by atomic mass is 9.97. The Bertz CT molecular complexity index is 2600. The number of rotatable bonds is 15. The van der Waals surface area contributed by atoms with E-state index in [0.717, 1.165) is 20.1 Å². The van der Waals surface area contributed by atoms with Gasteiger partial charge in [0.1, 0.15) is 36.2 Å². The number of amides is 4. The molecule has 5 N–H and O–H groups in total. The molecule has 0 aromatic heterocycles. The average Bonchev–Trinajstić information content (AvgIpc) is 3.27. The number of hydrogen-bond donors (Lipinski definition) is 5. The number of nitrogens with one attached hydrogen (secondary N) is 4.